The summed E-state index contributed by atoms with van der Waals surface area (Å²) in [6.07, 6.45) is 1.85. The van der Waals surface area contributed by atoms with E-state index < -0.39 is 0 Å². The molecular formula is C22H22N4O2. The van der Waals surface area contributed by atoms with Gasteiger partial charge in [-0.3, -0.25) is 9.59 Å². The number of fused-ring (bicyclic) bond motifs is 2. The first kappa shape index (κ1) is 18.0. The predicted molar refractivity (Wildman–Crippen MR) is 113 cm³/mol. The lowest BCUT2D eigenvalue weighted by Crippen LogP contribution is -2.31. The molecule has 0 spiro atoms. The number of carbonyl (C=O) groups is 1. The molecule has 0 atom stereocenters. The second kappa shape index (κ2) is 7.32. The van der Waals surface area contributed by atoms with Crippen molar-refractivity contribution in [2.75, 3.05) is 27.2 Å². The van der Waals surface area contributed by atoms with Gasteiger partial charge in [-0.05, 0) is 43.7 Å². The third-order valence-corrected chi connectivity index (χ3v) is 4.83. The largest absolute Gasteiger partial charge is 0.361 e. The van der Waals surface area contributed by atoms with Crippen molar-refractivity contribution in [2.24, 2.45) is 0 Å². The Balaban J connectivity index is 1.68. The van der Waals surface area contributed by atoms with Crippen LogP contribution in [0.3, 0.4) is 0 Å². The molecule has 6 nitrogen and oxygen atoms in total. The van der Waals surface area contributed by atoms with Gasteiger partial charge in [0.2, 0.25) is 0 Å². The summed E-state index contributed by atoms with van der Waals surface area (Å²) in [6.45, 7) is 1.34. The Morgan fingerprint density at radius 3 is 2.68 bits per heavy atom. The minimum absolute atomic E-state index is 0.148. The number of aromatic nitrogens is 2. The number of nitrogens with zero attached hydrogens (tertiary/aromatic N) is 1. The van der Waals surface area contributed by atoms with Gasteiger partial charge in [-0.2, -0.15) is 0 Å². The summed E-state index contributed by atoms with van der Waals surface area (Å²) in [5.74, 6) is -0.148. The molecule has 0 aliphatic carbocycles. The quantitative estimate of drug-likeness (QED) is 0.502. The normalized spacial score (nSPS) is 11.4. The number of carbonyl (C=O) groups excluding carboxylic acids is 1. The Labute approximate surface area is 162 Å². The highest BCUT2D eigenvalue weighted by Gasteiger charge is 2.12. The standard InChI is InChI=1S/C22H22N4O2/c1-26(2)10-9-23-21(27)15-8-7-14-11-17(22(28)25-20(14)12-15)18-13-24-19-6-4-3-5-16(18)19/h3-8,11-13,24H,9-10H2,1-2H3,(H,23,27)(H,25,28). The Bertz CT molecular complexity index is 1220. The fourth-order valence-electron chi connectivity index (χ4n) is 3.33. The molecule has 4 rings (SSSR count). The molecule has 0 saturated carbocycles. The number of para-hydroxylation sites is 1. The molecule has 0 aliphatic rings. The Kier molecular flexibility index (Phi) is 4.71. The van der Waals surface area contributed by atoms with Crippen LogP contribution in [-0.4, -0.2) is 48.0 Å². The molecular weight excluding hydrogens is 352 g/mol. The fraction of sp³-hybridized carbons (Fsp3) is 0.182. The first-order chi connectivity index (χ1) is 13.5. The molecule has 0 radical (unpaired) electrons. The molecule has 0 fully saturated rings. The highest BCUT2D eigenvalue weighted by atomic mass is 16.1. The first-order valence-corrected chi connectivity index (χ1v) is 9.19. The average molecular weight is 374 g/mol. The predicted octanol–water partition coefficient (Wildman–Crippen LogP) is 2.97. The number of pyridine rings is 1. The summed E-state index contributed by atoms with van der Waals surface area (Å²) in [5.41, 5.74) is 3.46. The first-order valence-electron chi connectivity index (χ1n) is 9.19. The third-order valence-electron chi connectivity index (χ3n) is 4.83. The fourth-order valence-corrected chi connectivity index (χ4v) is 3.33. The van der Waals surface area contributed by atoms with Crippen LogP contribution in [0, 0.1) is 0 Å². The SMILES string of the molecule is CN(C)CCNC(=O)c1ccc2cc(-c3c[nH]c4ccccc34)c(=O)[nH]c2c1. The van der Waals surface area contributed by atoms with Crippen LogP contribution in [0.5, 0.6) is 0 Å². The lowest BCUT2D eigenvalue weighted by molar-refractivity contribution is 0.0951. The van der Waals surface area contributed by atoms with Crippen LogP contribution < -0.4 is 10.9 Å². The number of rotatable bonds is 5. The van der Waals surface area contributed by atoms with E-state index in [9.17, 15) is 9.59 Å². The smallest absolute Gasteiger partial charge is 0.256 e. The van der Waals surface area contributed by atoms with Crippen molar-refractivity contribution in [3.05, 3.63) is 70.6 Å². The Morgan fingerprint density at radius 2 is 1.86 bits per heavy atom. The van der Waals surface area contributed by atoms with E-state index in [1.807, 2.05) is 61.6 Å². The van der Waals surface area contributed by atoms with Crippen molar-refractivity contribution in [1.29, 1.82) is 0 Å². The van der Waals surface area contributed by atoms with E-state index in [1.165, 1.54) is 0 Å². The summed E-state index contributed by atoms with van der Waals surface area (Å²) in [4.78, 5) is 33.2. The lowest BCUT2D eigenvalue weighted by atomic mass is 10.0. The van der Waals surface area contributed by atoms with Gasteiger partial charge in [-0.25, -0.2) is 0 Å². The van der Waals surface area contributed by atoms with Crippen LogP contribution in [0.2, 0.25) is 0 Å². The molecule has 1 amide bonds. The number of likely N-dealkylation sites (N-methyl/N-ethyl adjacent to an activating group) is 1. The molecule has 6 heteroatoms. The van der Waals surface area contributed by atoms with Crippen LogP contribution in [-0.2, 0) is 0 Å². The van der Waals surface area contributed by atoms with E-state index in [0.29, 0.717) is 23.2 Å². The van der Waals surface area contributed by atoms with Crippen molar-refractivity contribution in [1.82, 2.24) is 20.2 Å². The maximum absolute atomic E-state index is 12.7. The molecule has 0 unspecified atom stereocenters. The van der Waals surface area contributed by atoms with E-state index in [0.717, 1.165) is 28.4 Å². The van der Waals surface area contributed by atoms with Crippen molar-refractivity contribution in [3.8, 4) is 11.1 Å². The molecule has 2 heterocycles. The van der Waals surface area contributed by atoms with Gasteiger partial charge >= 0.3 is 0 Å². The maximum Gasteiger partial charge on any atom is 0.256 e. The molecule has 2 aromatic heterocycles. The van der Waals surface area contributed by atoms with E-state index in [1.54, 1.807) is 12.1 Å². The molecule has 0 bridgehead atoms. The Morgan fingerprint density at radius 1 is 1.04 bits per heavy atom. The minimum Gasteiger partial charge on any atom is -0.361 e. The third kappa shape index (κ3) is 3.42. The highest BCUT2D eigenvalue weighted by molar-refractivity contribution is 6.00. The second-order valence-corrected chi connectivity index (χ2v) is 7.12. The zero-order chi connectivity index (χ0) is 19.7. The van der Waals surface area contributed by atoms with E-state index in [2.05, 4.69) is 15.3 Å². The van der Waals surface area contributed by atoms with Crippen LogP contribution in [0.1, 0.15) is 10.4 Å². The van der Waals surface area contributed by atoms with Gasteiger partial charge in [0.15, 0.2) is 0 Å². The highest BCUT2D eigenvalue weighted by Crippen LogP contribution is 2.27. The number of nitrogens with one attached hydrogen (secondary N) is 3. The number of hydrogen-bond acceptors (Lipinski definition) is 3. The zero-order valence-electron chi connectivity index (χ0n) is 15.9. The topological polar surface area (TPSA) is 81.0 Å². The molecule has 4 aromatic rings. The monoisotopic (exact) mass is 374 g/mol. The van der Waals surface area contributed by atoms with Crippen LogP contribution >= 0.6 is 0 Å². The summed E-state index contributed by atoms with van der Waals surface area (Å²) in [6, 6.07) is 15.1. The van der Waals surface area contributed by atoms with Gasteiger partial charge in [0.25, 0.3) is 11.5 Å². The summed E-state index contributed by atoms with van der Waals surface area (Å²) >= 11 is 0. The summed E-state index contributed by atoms with van der Waals surface area (Å²) in [7, 11) is 3.91. The maximum atomic E-state index is 12.7. The number of hydrogen-bond donors (Lipinski definition) is 3. The molecule has 0 saturated heterocycles. The minimum atomic E-state index is -0.178. The number of amides is 1. The average Bonchev–Trinajstić information content (AvgIpc) is 3.10. The number of H-pyrrole nitrogens is 2. The van der Waals surface area contributed by atoms with E-state index >= 15 is 0 Å². The van der Waals surface area contributed by atoms with Crippen molar-refractivity contribution in [3.63, 3.8) is 0 Å². The van der Waals surface area contributed by atoms with Gasteiger partial charge in [-0.15, -0.1) is 0 Å². The van der Waals surface area contributed by atoms with Gasteiger partial charge in [0.1, 0.15) is 0 Å². The molecule has 2 aromatic carbocycles. The number of aromatic amines is 2. The van der Waals surface area contributed by atoms with Crippen LogP contribution in [0.4, 0.5) is 0 Å². The van der Waals surface area contributed by atoms with Crippen molar-refractivity contribution in [2.45, 2.75) is 0 Å². The van der Waals surface area contributed by atoms with Gasteiger partial charge in [-0.1, -0.05) is 24.3 Å². The lowest BCUT2D eigenvalue weighted by Gasteiger charge is -2.11. The molecule has 3 N–H and O–H groups in total. The second-order valence-electron chi connectivity index (χ2n) is 7.12. The van der Waals surface area contributed by atoms with Gasteiger partial charge < -0.3 is 20.2 Å². The van der Waals surface area contributed by atoms with Crippen molar-refractivity contribution >= 4 is 27.7 Å². The zero-order valence-corrected chi connectivity index (χ0v) is 15.9. The molecule has 142 valence electrons. The van der Waals surface area contributed by atoms with E-state index in [4.69, 9.17) is 0 Å². The van der Waals surface area contributed by atoms with Crippen LogP contribution in [0.15, 0.2) is 59.5 Å². The van der Waals surface area contributed by atoms with Crippen LogP contribution in [0.25, 0.3) is 32.9 Å². The van der Waals surface area contributed by atoms with Gasteiger partial charge in [0, 0.05) is 52.4 Å². The summed E-state index contributed by atoms with van der Waals surface area (Å²) < 4.78 is 0. The molecule has 28 heavy (non-hydrogen) atoms. The Hall–Kier alpha value is -3.38. The molecule has 0 aliphatic heterocycles. The summed E-state index contributed by atoms with van der Waals surface area (Å²) in [5, 5.41) is 4.77. The van der Waals surface area contributed by atoms with Crippen molar-refractivity contribution < 1.29 is 4.79 Å². The number of benzene rings is 2. The van der Waals surface area contributed by atoms with E-state index in [-0.39, 0.29) is 11.5 Å². The van der Waals surface area contributed by atoms with Gasteiger partial charge in [0.05, 0.1) is 0 Å².